The molecular formula is C27H33Br2F17O5S. The van der Waals surface area contributed by atoms with E-state index in [9.17, 15) is 84.2 Å². The molecule has 0 aromatic heterocycles. The first-order chi connectivity index (χ1) is 22.8. The molecule has 0 bridgehead atoms. The Hall–Kier alpha value is -0.980. The molecule has 0 aliphatic heterocycles. The number of carbonyl (C=O) groups is 2. The number of hydrogen-bond acceptors (Lipinski definition) is 6. The van der Waals surface area contributed by atoms with Crippen molar-refractivity contribution in [1.82, 2.24) is 0 Å². The van der Waals surface area contributed by atoms with Gasteiger partial charge in [0, 0.05) is 13.0 Å². The van der Waals surface area contributed by atoms with Crippen LogP contribution in [-0.2, 0) is 23.8 Å². The zero-order valence-corrected chi connectivity index (χ0v) is 31.5. The topological polar surface area (TPSA) is 61.8 Å². The van der Waals surface area contributed by atoms with Crippen LogP contribution in [0.1, 0.15) is 53.9 Å². The molecule has 0 atom stereocenters. The van der Waals surface area contributed by atoms with E-state index in [-0.39, 0.29) is 56.8 Å². The molecule has 25 heteroatoms. The number of hydrogen-bond donors (Lipinski definition) is 0. The zero-order chi connectivity index (χ0) is 41.8. The Balaban J connectivity index is 5.57. The van der Waals surface area contributed by atoms with E-state index >= 15 is 0 Å². The fraction of sp³-hybridized carbons (Fsp3) is 0.926. The van der Waals surface area contributed by atoms with Gasteiger partial charge in [-0.1, -0.05) is 38.8 Å². The lowest BCUT2D eigenvalue weighted by Gasteiger charge is -2.42. The van der Waals surface area contributed by atoms with Crippen molar-refractivity contribution in [3.8, 4) is 0 Å². The summed E-state index contributed by atoms with van der Waals surface area (Å²) in [5.41, 5.74) is -1.14. The smallest absolute Gasteiger partial charge is 0.460 e. The van der Waals surface area contributed by atoms with E-state index in [0.717, 1.165) is 0 Å². The van der Waals surface area contributed by atoms with E-state index in [1.54, 1.807) is 6.92 Å². The van der Waals surface area contributed by atoms with Crippen molar-refractivity contribution >= 4 is 55.6 Å². The van der Waals surface area contributed by atoms with Gasteiger partial charge in [0.15, 0.2) is 0 Å². The van der Waals surface area contributed by atoms with Crippen LogP contribution in [0, 0.1) is 5.41 Å². The quantitative estimate of drug-likeness (QED) is 0.0466. The maximum atomic E-state index is 14.1. The second-order valence-electron chi connectivity index (χ2n) is 12.4. The van der Waals surface area contributed by atoms with E-state index in [4.69, 9.17) is 14.2 Å². The van der Waals surface area contributed by atoms with Crippen molar-refractivity contribution in [3.05, 3.63) is 0 Å². The van der Waals surface area contributed by atoms with Gasteiger partial charge in [-0.3, -0.25) is 9.59 Å². The fourth-order valence-corrected chi connectivity index (χ4v) is 4.57. The van der Waals surface area contributed by atoms with Crippen molar-refractivity contribution in [3.63, 3.8) is 0 Å². The minimum absolute atomic E-state index is 0.127. The van der Waals surface area contributed by atoms with Crippen molar-refractivity contribution < 1.29 is 98.4 Å². The van der Waals surface area contributed by atoms with Crippen LogP contribution in [0.5, 0.6) is 0 Å². The van der Waals surface area contributed by atoms with Crippen LogP contribution in [0.25, 0.3) is 0 Å². The minimum Gasteiger partial charge on any atom is -0.464 e. The zero-order valence-electron chi connectivity index (χ0n) is 27.5. The number of carbonyl (C=O) groups excluding carboxylic acids is 2. The van der Waals surface area contributed by atoms with E-state index in [1.165, 1.54) is 27.7 Å². The lowest BCUT2D eigenvalue weighted by atomic mass is 9.88. The van der Waals surface area contributed by atoms with Gasteiger partial charge in [0.05, 0.1) is 12.0 Å². The van der Waals surface area contributed by atoms with Crippen LogP contribution < -0.4 is 0 Å². The molecule has 0 unspecified atom stereocenters. The number of esters is 2. The van der Waals surface area contributed by atoms with Gasteiger partial charge in [0.1, 0.15) is 21.9 Å². The lowest BCUT2D eigenvalue weighted by molar-refractivity contribution is -0.461. The highest BCUT2D eigenvalue weighted by Crippen LogP contribution is 2.64. The maximum Gasteiger partial charge on any atom is 0.460 e. The summed E-state index contributed by atoms with van der Waals surface area (Å²) >= 11 is 6.48. The van der Waals surface area contributed by atoms with Crippen LogP contribution in [0.2, 0.25) is 0 Å². The molecule has 0 rings (SSSR count). The van der Waals surface area contributed by atoms with E-state index in [0.29, 0.717) is 0 Å². The summed E-state index contributed by atoms with van der Waals surface area (Å²) in [5, 5.41) is 0. The molecule has 5 nitrogen and oxygen atoms in total. The number of thioether (sulfide) groups is 1. The number of alkyl halides is 19. The maximum absolute atomic E-state index is 14.1. The molecule has 0 aliphatic rings. The predicted molar refractivity (Wildman–Crippen MR) is 159 cm³/mol. The van der Waals surface area contributed by atoms with Gasteiger partial charge in [0.25, 0.3) is 0 Å². The predicted octanol–water partition coefficient (Wildman–Crippen LogP) is 10.4. The third kappa shape index (κ3) is 10.9. The SMILES string of the molecule is CCC(COCCCSCCC(F)(F)C(F)(F)C(F)(F)C(F)(F)C(F)(F)C(F)(F)C(F)(F)C(F)(F)F)(COC(=O)C(C)(C)Br)COC(=O)C(C)(C)Br. The molecule has 0 radical (unpaired) electrons. The van der Waals surface area contributed by atoms with Crippen molar-refractivity contribution in [1.29, 1.82) is 0 Å². The van der Waals surface area contributed by atoms with Crippen molar-refractivity contribution in [2.45, 2.75) is 110 Å². The van der Waals surface area contributed by atoms with Gasteiger partial charge in [-0.25, -0.2) is 0 Å². The van der Waals surface area contributed by atoms with Gasteiger partial charge < -0.3 is 14.2 Å². The number of halogens is 19. The molecular weight excluding hydrogens is 919 g/mol. The highest BCUT2D eigenvalue weighted by Gasteiger charge is 2.95. The average Bonchev–Trinajstić information content (AvgIpc) is 2.96. The van der Waals surface area contributed by atoms with E-state index in [1.807, 2.05) is 0 Å². The summed E-state index contributed by atoms with van der Waals surface area (Å²) in [5.74, 6) is -59.5. The lowest BCUT2D eigenvalue weighted by Crippen LogP contribution is -2.74. The summed E-state index contributed by atoms with van der Waals surface area (Å²) in [6, 6.07) is 0. The summed E-state index contributed by atoms with van der Waals surface area (Å²) < 4.78 is 242. The molecule has 0 aromatic rings. The Bertz CT molecular complexity index is 1170. The highest BCUT2D eigenvalue weighted by molar-refractivity contribution is 9.10. The molecule has 0 saturated heterocycles. The van der Waals surface area contributed by atoms with Crippen molar-refractivity contribution in [2.24, 2.45) is 5.41 Å². The Labute approximate surface area is 307 Å². The molecule has 0 N–H and O–H groups in total. The Morgan fingerprint density at radius 3 is 1.27 bits per heavy atom. The number of rotatable bonds is 22. The summed E-state index contributed by atoms with van der Waals surface area (Å²) in [6.45, 7) is 6.37. The molecule has 310 valence electrons. The van der Waals surface area contributed by atoms with Gasteiger partial charge in [-0.15, -0.1) is 0 Å². The summed E-state index contributed by atoms with van der Waals surface area (Å²) in [6.07, 6.45) is -10.3. The number of ether oxygens (including phenoxy) is 3. The van der Waals surface area contributed by atoms with Crippen molar-refractivity contribution in [2.75, 3.05) is 37.9 Å². The first-order valence-corrected chi connectivity index (χ1v) is 17.1. The van der Waals surface area contributed by atoms with Gasteiger partial charge >= 0.3 is 59.6 Å². The Kier molecular flexibility index (Phi) is 16.7. The van der Waals surface area contributed by atoms with Crippen LogP contribution in [0.4, 0.5) is 74.6 Å². The summed E-state index contributed by atoms with van der Waals surface area (Å²) in [7, 11) is 0. The second-order valence-corrected chi connectivity index (χ2v) is 17.6. The molecule has 0 fully saturated rings. The molecule has 0 saturated carbocycles. The largest absolute Gasteiger partial charge is 0.464 e. The van der Waals surface area contributed by atoms with Crippen LogP contribution >= 0.6 is 43.6 Å². The molecule has 0 aliphatic carbocycles. The molecule has 0 amide bonds. The van der Waals surface area contributed by atoms with Gasteiger partial charge in [0.2, 0.25) is 0 Å². The molecule has 0 heterocycles. The monoisotopic (exact) mass is 950 g/mol. The van der Waals surface area contributed by atoms with E-state index in [2.05, 4.69) is 31.9 Å². The van der Waals surface area contributed by atoms with Crippen LogP contribution in [0.3, 0.4) is 0 Å². The second kappa shape index (κ2) is 17.0. The Morgan fingerprint density at radius 2 is 0.923 bits per heavy atom. The average molecular weight is 952 g/mol. The van der Waals surface area contributed by atoms with Gasteiger partial charge in [-0.2, -0.15) is 86.4 Å². The highest BCUT2D eigenvalue weighted by atomic mass is 79.9. The van der Waals surface area contributed by atoms with Crippen LogP contribution in [-0.4, -0.2) is 106 Å². The third-order valence-electron chi connectivity index (χ3n) is 7.07. The molecule has 0 spiro atoms. The standard InChI is InChI=1S/C27H33Br2F17O5S/c1-6-19(13-50-15(47)17(2,3)28,14-51-16(48)18(4,5)29)12-49-9-7-10-52-11-8-20(30,31)21(32,33)22(34,35)23(36,37)24(38,39)25(40,41)26(42,43)27(44,45)46/h6-14H2,1-5H3. The van der Waals surface area contributed by atoms with Crippen LogP contribution in [0.15, 0.2) is 0 Å². The molecule has 0 aromatic carbocycles. The summed E-state index contributed by atoms with van der Waals surface area (Å²) in [4.78, 5) is 24.5. The minimum atomic E-state index is -8.66. The normalized spacial score (nSPS) is 15.2. The van der Waals surface area contributed by atoms with E-state index < -0.39 is 85.8 Å². The Morgan fingerprint density at radius 1 is 0.558 bits per heavy atom. The molecule has 52 heavy (non-hydrogen) atoms. The first kappa shape index (κ1) is 51.0. The van der Waals surface area contributed by atoms with Gasteiger partial charge in [-0.05, 0) is 52.0 Å². The fourth-order valence-electron chi connectivity index (χ4n) is 3.42. The third-order valence-corrected chi connectivity index (χ3v) is 8.79. The first-order valence-electron chi connectivity index (χ1n) is 14.4.